The zero-order chi connectivity index (χ0) is 20.5. The largest absolute Gasteiger partial charge is 0.378 e. The minimum Gasteiger partial charge on any atom is -0.378 e. The average Bonchev–Trinajstić information content (AvgIpc) is 3.17. The number of allylic oxidation sites excluding steroid dienone is 3. The summed E-state index contributed by atoms with van der Waals surface area (Å²) in [5.74, 6) is 0.263. The number of aliphatic imine (C=N–C) groups is 1. The highest BCUT2D eigenvalue weighted by atomic mass is 15.1. The monoisotopic (exact) mass is 380 g/mol. The number of fused-ring (bicyclic) bond motifs is 1. The number of nitrogens with zero attached hydrogens (tertiary/aromatic N) is 2. The molecule has 2 heteroatoms. The summed E-state index contributed by atoms with van der Waals surface area (Å²) in [4.78, 5) is 7.13. The Labute approximate surface area is 173 Å². The van der Waals surface area contributed by atoms with Crippen LogP contribution in [0.1, 0.15) is 33.7 Å². The quantitative estimate of drug-likeness (QED) is 0.465. The van der Waals surface area contributed by atoms with Gasteiger partial charge in [0, 0.05) is 37.5 Å². The molecule has 0 aliphatic heterocycles. The van der Waals surface area contributed by atoms with Crippen molar-refractivity contribution in [3.63, 3.8) is 0 Å². The third kappa shape index (κ3) is 3.75. The topological polar surface area (TPSA) is 15.6 Å². The number of rotatable bonds is 4. The van der Waals surface area contributed by atoms with Gasteiger partial charge in [-0.2, -0.15) is 0 Å². The molecule has 1 aliphatic rings. The molecule has 146 valence electrons. The summed E-state index contributed by atoms with van der Waals surface area (Å²) >= 11 is 0. The van der Waals surface area contributed by atoms with E-state index in [4.69, 9.17) is 4.99 Å². The zero-order valence-electron chi connectivity index (χ0n) is 17.9. The maximum absolute atomic E-state index is 4.97. The van der Waals surface area contributed by atoms with E-state index in [2.05, 4.69) is 113 Å². The summed E-state index contributed by atoms with van der Waals surface area (Å²) in [6, 6.07) is 17.5. The van der Waals surface area contributed by atoms with Gasteiger partial charge in [0.2, 0.25) is 0 Å². The lowest BCUT2D eigenvalue weighted by Crippen LogP contribution is -2.08. The zero-order valence-corrected chi connectivity index (χ0v) is 17.9. The van der Waals surface area contributed by atoms with Crippen LogP contribution in [0.2, 0.25) is 0 Å². The highest BCUT2D eigenvalue weighted by Crippen LogP contribution is 2.33. The van der Waals surface area contributed by atoms with Gasteiger partial charge < -0.3 is 4.90 Å². The Balaban J connectivity index is 1.86. The molecule has 0 amide bonds. The van der Waals surface area contributed by atoms with Crippen LogP contribution in [-0.4, -0.2) is 25.2 Å². The van der Waals surface area contributed by atoms with E-state index < -0.39 is 0 Å². The third-order valence-corrected chi connectivity index (χ3v) is 5.66. The van der Waals surface area contributed by atoms with Gasteiger partial charge in [-0.3, -0.25) is 4.99 Å². The van der Waals surface area contributed by atoms with Crippen LogP contribution >= 0.6 is 0 Å². The molecular formula is C27H28N2. The van der Waals surface area contributed by atoms with Crippen LogP contribution in [0.15, 0.2) is 77.4 Å². The van der Waals surface area contributed by atoms with Crippen molar-refractivity contribution >= 4 is 22.7 Å². The molecular weight excluding hydrogens is 352 g/mol. The van der Waals surface area contributed by atoms with E-state index in [0.717, 1.165) is 5.69 Å². The van der Waals surface area contributed by atoms with Gasteiger partial charge in [-0.1, -0.05) is 60.2 Å². The molecule has 3 aromatic rings. The minimum absolute atomic E-state index is 0.263. The molecule has 0 saturated heterocycles. The molecule has 2 nitrogen and oxygen atoms in total. The molecule has 3 aromatic carbocycles. The molecule has 0 aromatic heterocycles. The molecule has 1 aliphatic carbocycles. The Morgan fingerprint density at radius 3 is 2.34 bits per heavy atom. The van der Waals surface area contributed by atoms with Crippen LogP contribution in [-0.2, 0) is 0 Å². The van der Waals surface area contributed by atoms with E-state index >= 15 is 0 Å². The van der Waals surface area contributed by atoms with E-state index in [1.54, 1.807) is 0 Å². The second kappa shape index (κ2) is 7.71. The molecule has 1 atom stereocenters. The van der Waals surface area contributed by atoms with Gasteiger partial charge in [0.15, 0.2) is 0 Å². The van der Waals surface area contributed by atoms with Crippen molar-refractivity contribution < 1.29 is 0 Å². The molecule has 29 heavy (non-hydrogen) atoms. The lowest BCUT2D eigenvalue weighted by atomic mass is 9.91. The summed E-state index contributed by atoms with van der Waals surface area (Å²) < 4.78 is 0. The number of benzene rings is 3. The van der Waals surface area contributed by atoms with Gasteiger partial charge >= 0.3 is 0 Å². The molecule has 0 heterocycles. The van der Waals surface area contributed by atoms with Crippen LogP contribution in [0.5, 0.6) is 0 Å². The van der Waals surface area contributed by atoms with Crippen molar-refractivity contribution in [3.8, 4) is 0 Å². The Hall–Kier alpha value is -3.13. The highest BCUT2D eigenvalue weighted by Gasteiger charge is 2.17. The summed E-state index contributed by atoms with van der Waals surface area (Å²) in [7, 11) is 4.18. The molecule has 0 spiro atoms. The first kappa shape index (κ1) is 19.2. The molecule has 0 N–H and O–H groups in total. The highest BCUT2D eigenvalue weighted by molar-refractivity contribution is 6.02. The standard InChI is InChI=1S/C27H28N2/c1-18-14-19(2)27(20(3)15-18)28-17-26-24-9-7-6-8-21(24)11-13-25(26)22-10-12-23(16-22)29(4)5/h6-17,22H,1-5H3. The first-order valence-corrected chi connectivity index (χ1v) is 10.1. The van der Waals surface area contributed by atoms with Gasteiger partial charge in [-0.25, -0.2) is 0 Å². The minimum atomic E-state index is 0.263. The smallest absolute Gasteiger partial charge is 0.0688 e. The predicted molar refractivity (Wildman–Crippen MR) is 126 cm³/mol. The fourth-order valence-corrected chi connectivity index (χ4v) is 4.24. The van der Waals surface area contributed by atoms with Crippen LogP contribution in [0.25, 0.3) is 10.8 Å². The lowest BCUT2D eigenvalue weighted by Gasteiger charge is -2.15. The van der Waals surface area contributed by atoms with Crippen molar-refractivity contribution in [3.05, 3.63) is 100 Å². The SMILES string of the molecule is Cc1cc(C)c(N=Cc2c(C3C=CC(N(C)C)=C3)ccc3ccccc23)c(C)c1. The van der Waals surface area contributed by atoms with Gasteiger partial charge in [-0.15, -0.1) is 0 Å². The fraction of sp³-hybridized carbons (Fsp3) is 0.222. The van der Waals surface area contributed by atoms with Crippen molar-refractivity contribution in [2.75, 3.05) is 14.1 Å². The van der Waals surface area contributed by atoms with Crippen LogP contribution in [0.4, 0.5) is 5.69 Å². The molecule has 0 bridgehead atoms. The van der Waals surface area contributed by atoms with Crippen LogP contribution in [0, 0.1) is 20.8 Å². The number of hydrogen-bond acceptors (Lipinski definition) is 2. The summed E-state index contributed by atoms with van der Waals surface area (Å²) in [6.45, 7) is 6.42. The Bertz CT molecular complexity index is 1140. The van der Waals surface area contributed by atoms with E-state index in [-0.39, 0.29) is 5.92 Å². The Morgan fingerprint density at radius 2 is 1.66 bits per heavy atom. The maximum atomic E-state index is 4.97. The number of likely N-dealkylation sites (N-methyl/N-ethyl adjacent to an activating group) is 1. The Morgan fingerprint density at radius 1 is 0.931 bits per heavy atom. The third-order valence-electron chi connectivity index (χ3n) is 5.66. The normalized spacial score (nSPS) is 16.0. The second-order valence-electron chi connectivity index (χ2n) is 8.17. The van der Waals surface area contributed by atoms with Crippen molar-refractivity contribution in [1.29, 1.82) is 0 Å². The summed E-state index contributed by atoms with van der Waals surface area (Å²) in [5.41, 5.74) is 8.53. The molecule has 0 fully saturated rings. The Kier molecular flexibility index (Phi) is 5.10. The van der Waals surface area contributed by atoms with E-state index in [1.165, 1.54) is 44.3 Å². The first-order valence-electron chi connectivity index (χ1n) is 10.1. The fourth-order valence-electron chi connectivity index (χ4n) is 4.24. The number of aryl methyl sites for hydroxylation is 3. The predicted octanol–water partition coefficient (Wildman–Crippen LogP) is 6.61. The van der Waals surface area contributed by atoms with E-state index in [0.29, 0.717) is 0 Å². The summed E-state index contributed by atoms with van der Waals surface area (Å²) in [5, 5.41) is 2.49. The van der Waals surface area contributed by atoms with Crippen molar-refractivity contribution in [1.82, 2.24) is 4.90 Å². The van der Waals surface area contributed by atoms with Gasteiger partial charge in [0.05, 0.1) is 5.69 Å². The van der Waals surface area contributed by atoms with Crippen molar-refractivity contribution in [2.45, 2.75) is 26.7 Å². The van der Waals surface area contributed by atoms with Crippen molar-refractivity contribution in [2.24, 2.45) is 4.99 Å². The van der Waals surface area contributed by atoms with Crippen LogP contribution in [0.3, 0.4) is 0 Å². The maximum Gasteiger partial charge on any atom is 0.0688 e. The van der Waals surface area contributed by atoms with Gasteiger partial charge in [-0.05, 0) is 60.4 Å². The molecule has 1 unspecified atom stereocenters. The number of hydrogen-bond donors (Lipinski definition) is 0. The molecule has 4 rings (SSSR count). The van der Waals surface area contributed by atoms with E-state index in [1.807, 2.05) is 0 Å². The van der Waals surface area contributed by atoms with Gasteiger partial charge in [0.1, 0.15) is 0 Å². The van der Waals surface area contributed by atoms with Crippen LogP contribution < -0.4 is 0 Å². The molecule has 0 radical (unpaired) electrons. The second-order valence-corrected chi connectivity index (χ2v) is 8.17. The van der Waals surface area contributed by atoms with Gasteiger partial charge in [0.25, 0.3) is 0 Å². The lowest BCUT2D eigenvalue weighted by molar-refractivity contribution is 0.530. The summed E-state index contributed by atoms with van der Waals surface area (Å²) in [6.07, 6.45) is 8.87. The van der Waals surface area contributed by atoms with E-state index in [9.17, 15) is 0 Å². The first-order chi connectivity index (χ1) is 13.9. The average molecular weight is 381 g/mol. The molecule has 0 saturated carbocycles.